The van der Waals surface area contributed by atoms with E-state index in [-0.39, 0.29) is 0 Å². The number of aryl methyl sites for hydroxylation is 1. The number of aromatic nitrogens is 3. The third-order valence-corrected chi connectivity index (χ3v) is 2.78. The van der Waals surface area contributed by atoms with Crippen molar-refractivity contribution in [2.24, 2.45) is 7.05 Å². The molecule has 2 rings (SSSR count). The van der Waals surface area contributed by atoms with Crippen molar-refractivity contribution in [2.45, 2.75) is 19.8 Å². The van der Waals surface area contributed by atoms with Gasteiger partial charge >= 0.3 is 0 Å². The number of anilines is 2. The number of rotatable bonds is 7. The SMILES string of the molecule is CCCNc1cccc(NCCc2cnn(C)c2)n1. The lowest BCUT2D eigenvalue weighted by atomic mass is 10.2. The van der Waals surface area contributed by atoms with Gasteiger partial charge in [-0.3, -0.25) is 4.68 Å². The summed E-state index contributed by atoms with van der Waals surface area (Å²) in [5, 5.41) is 10.8. The summed E-state index contributed by atoms with van der Waals surface area (Å²) in [6.45, 7) is 3.95. The van der Waals surface area contributed by atoms with Crippen LogP contribution in [0.4, 0.5) is 11.6 Å². The normalized spacial score (nSPS) is 10.4. The van der Waals surface area contributed by atoms with Gasteiger partial charge in [-0.2, -0.15) is 5.10 Å². The van der Waals surface area contributed by atoms with Crippen LogP contribution >= 0.6 is 0 Å². The van der Waals surface area contributed by atoms with Crippen LogP contribution in [0.3, 0.4) is 0 Å². The van der Waals surface area contributed by atoms with Crippen LogP contribution in [-0.4, -0.2) is 27.9 Å². The van der Waals surface area contributed by atoms with Crippen molar-refractivity contribution in [2.75, 3.05) is 23.7 Å². The van der Waals surface area contributed by atoms with Gasteiger partial charge in [-0.05, 0) is 30.5 Å². The molecule has 0 saturated carbocycles. The molecule has 0 unspecified atom stereocenters. The molecule has 0 aliphatic heterocycles. The average Bonchev–Trinajstić information content (AvgIpc) is 2.83. The lowest BCUT2D eigenvalue weighted by molar-refractivity contribution is 0.767. The van der Waals surface area contributed by atoms with Crippen molar-refractivity contribution in [3.8, 4) is 0 Å². The van der Waals surface area contributed by atoms with Gasteiger partial charge < -0.3 is 10.6 Å². The zero-order chi connectivity index (χ0) is 13.5. The molecule has 2 N–H and O–H groups in total. The van der Waals surface area contributed by atoms with Crippen molar-refractivity contribution in [3.05, 3.63) is 36.2 Å². The largest absolute Gasteiger partial charge is 0.370 e. The van der Waals surface area contributed by atoms with Gasteiger partial charge in [0.1, 0.15) is 11.6 Å². The van der Waals surface area contributed by atoms with E-state index in [1.807, 2.05) is 42.3 Å². The molecule has 2 aromatic rings. The molecular weight excluding hydrogens is 238 g/mol. The average molecular weight is 259 g/mol. The lowest BCUT2D eigenvalue weighted by Crippen LogP contribution is -2.08. The molecule has 5 nitrogen and oxygen atoms in total. The minimum Gasteiger partial charge on any atom is -0.370 e. The van der Waals surface area contributed by atoms with Crippen molar-refractivity contribution < 1.29 is 0 Å². The number of hydrogen-bond donors (Lipinski definition) is 2. The number of pyridine rings is 1. The number of nitrogens with one attached hydrogen (secondary N) is 2. The fourth-order valence-corrected chi connectivity index (χ4v) is 1.82. The maximum absolute atomic E-state index is 4.50. The second-order valence-corrected chi connectivity index (χ2v) is 4.53. The van der Waals surface area contributed by atoms with Gasteiger partial charge in [0, 0.05) is 26.3 Å². The zero-order valence-electron chi connectivity index (χ0n) is 11.6. The lowest BCUT2D eigenvalue weighted by Gasteiger charge is -2.08. The maximum atomic E-state index is 4.50. The van der Waals surface area contributed by atoms with E-state index in [1.54, 1.807) is 0 Å². The Hall–Kier alpha value is -2.04. The van der Waals surface area contributed by atoms with Gasteiger partial charge in [-0.15, -0.1) is 0 Å². The highest BCUT2D eigenvalue weighted by atomic mass is 15.2. The van der Waals surface area contributed by atoms with Gasteiger partial charge in [0.2, 0.25) is 0 Å². The Balaban J connectivity index is 1.82. The molecular formula is C14H21N5. The standard InChI is InChI=1S/C14H21N5/c1-3-8-15-13-5-4-6-14(18-13)16-9-7-12-10-17-19(2)11-12/h4-6,10-11H,3,7-9H2,1-2H3,(H2,15,16,18). The molecule has 2 aromatic heterocycles. The topological polar surface area (TPSA) is 54.8 Å². The first-order valence-corrected chi connectivity index (χ1v) is 6.70. The Labute approximate surface area is 114 Å². The molecule has 0 atom stereocenters. The summed E-state index contributed by atoms with van der Waals surface area (Å²) in [5.41, 5.74) is 1.23. The molecule has 5 heteroatoms. The second kappa shape index (κ2) is 6.78. The summed E-state index contributed by atoms with van der Waals surface area (Å²) in [6.07, 6.45) is 5.98. The predicted molar refractivity (Wildman–Crippen MR) is 78.4 cm³/mol. The quantitative estimate of drug-likeness (QED) is 0.801. The van der Waals surface area contributed by atoms with Crippen molar-refractivity contribution in [1.29, 1.82) is 0 Å². The molecule has 0 fully saturated rings. The highest BCUT2D eigenvalue weighted by Gasteiger charge is 1.98. The van der Waals surface area contributed by atoms with E-state index >= 15 is 0 Å². The Morgan fingerprint density at radius 2 is 1.89 bits per heavy atom. The van der Waals surface area contributed by atoms with Crippen LogP contribution in [0, 0.1) is 0 Å². The number of hydrogen-bond acceptors (Lipinski definition) is 4. The Morgan fingerprint density at radius 1 is 1.16 bits per heavy atom. The van der Waals surface area contributed by atoms with E-state index < -0.39 is 0 Å². The van der Waals surface area contributed by atoms with Crippen LogP contribution in [-0.2, 0) is 13.5 Å². The third kappa shape index (κ3) is 4.28. The molecule has 0 spiro atoms. The highest BCUT2D eigenvalue weighted by Crippen LogP contribution is 2.09. The molecule has 0 radical (unpaired) electrons. The summed E-state index contributed by atoms with van der Waals surface area (Å²) < 4.78 is 1.82. The molecule has 0 aliphatic rings. The van der Waals surface area contributed by atoms with Crippen LogP contribution in [0.1, 0.15) is 18.9 Å². The van der Waals surface area contributed by atoms with Crippen LogP contribution < -0.4 is 10.6 Å². The van der Waals surface area contributed by atoms with Gasteiger partial charge in [-0.25, -0.2) is 4.98 Å². The molecule has 0 aromatic carbocycles. The molecule has 0 aliphatic carbocycles. The fourth-order valence-electron chi connectivity index (χ4n) is 1.82. The van der Waals surface area contributed by atoms with Gasteiger partial charge in [0.15, 0.2) is 0 Å². The van der Waals surface area contributed by atoms with Crippen LogP contribution in [0.25, 0.3) is 0 Å². The van der Waals surface area contributed by atoms with Crippen molar-refractivity contribution >= 4 is 11.6 Å². The zero-order valence-corrected chi connectivity index (χ0v) is 11.6. The minimum absolute atomic E-state index is 0.857. The Kier molecular flexibility index (Phi) is 4.78. The maximum Gasteiger partial charge on any atom is 0.128 e. The van der Waals surface area contributed by atoms with Gasteiger partial charge in [0.05, 0.1) is 6.20 Å². The smallest absolute Gasteiger partial charge is 0.128 e. The minimum atomic E-state index is 0.857. The van der Waals surface area contributed by atoms with E-state index in [0.29, 0.717) is 0 Å². The van der Waals surface area contributed by atoms with E-state index in [4.69, 9.17) is 0 Å². The summed E-state index contributed by atoms with van der Waals surface area (Å²) in [4.78, 5) is 4.50. The Morgan fingerprint density at radius 3 is 2.53 bits per heavy atom. The molecule has 102 valence electrons. The van der Waals surface area contributed by atoms with E-state index in [0.717, 1.165) is 37.6 Å². The molecule has 0 bridgehead atoms. The summed E-state index contributed by atoms with van der Waals surface area (Å²) in [7, 11) is 1.93. The van der Waals surface area contributed by atoms with Gasteiger partial charge in [0.25, 0.3) is 0 Å². The molecule has 2 heterocycles. The van der Waals surface area contributed by atoms with Crippen molar-refractivity contribution in [3.63, 3.8) is 0 Å². The first-order valence-electron chi connectivity index (χ1n) is 6.70. The van der Waals surface area contributed by atoms with E-state index in [1.165, 1.54) is 5.56 Å². The fraction of sp³-hybridized carbons (Fsp3) is 0.429. The van der Waals surface area contributed by atoms with E-state index in [9.17, 15) is 0 Å². The Bertz CT molecular complexity index is 506. The monoisotopic (exact) mass is 259 g/mol. The molecule has 0 amide bonds. The molecule has 19 heavy (non-hydrogen) atoms. The predicted octanol–water partition coefficient (Wildman–Crippen LogP) is 2.29. The van der Waals surface area contributed by atoms with Gasteiger partial charge in [-0.1, -0.05) is 13.0 Å². The molecule has 0 saturated heterocycles. The number of nitrogens with zero attached hydrogens (tertiary/aromatic N) is 3. The second-order valence-electron chi connectivity index (χ2n) is 4.53. The first-order chi connectivity index (χ1) is 9.28. The summed E-state index contributed by atoms with van der Waals surface area (Å²) in [6, 6.07) is 5.99. The van der Waals surface area contributed by atoms with Crippen LogP contribution in [0.15, 0.2) is 30.6 Å². The first kappa shape index (κ1) is 13.4. The van der Waals surface area contributed by atoms with Crippen molar-refractivity contribution in [1.82, 2.24) is 14.8 Å². The highest BCUT2D eigenvalue weighted by molar-refractivity contribution is 5.45. The van der Waals surface area contributed by atoms with Crippen LogP contribution in [0.2, 0.25) is 0 Å². The van der Waals surface area contributed by atoms with Crippen LogP contribution in [0.5, 0.6) is 0 Å². The summed E-state index contributed by atoms with van der Waals surface area (Å²) >= 11 is 0. The third-order valence-electron chi connectivity index (χ3n) is 2.78. The summed E-state index contributed by atoms with van der Waals surface area (Å²) in [5.74, 6) is 1.83. The van der Waals surface area contributed by atoms with E-state index in [2.05, 4.69) is 27.6 Å².